The number of aromatic carboxylic acids is 1. The van der Waals surface area contributed by atoms with Gasteiger partial charge in [-0.3, -0.25) is 4.79 Å². The molecule has 1 fully saturated rings. The summed E-state index contributed by atoms with van der Waals surface area (Å²) >= 11 is 0. The van der Waals surface area contributed by atoms with Gasteiger partial charge in [-0.05, 0) is 43.5 Å². The van der Waals surface area contributed by atoms with Gasteiger partial charge in [-0.1, -0.05) is 0 Å². The van der Waals surface area contributed by atoms with Gasteiger partial charge in [0.1, 0.15) is 6.04 Å². The Morgan fingerprint density at radius 2 is 2.14 bits per heavy atom. The van der Waals surface area contributed by atoms with Gasteiger partial charge in [0, 0.05) is 12.2 Å². The van der Waals surface area contributed by atoms with Gasteiger partial charge in [0.05, 0.1) is 5.56 Å². The Labute approximate surface area is 121 Å². The van der Waals surface area contributed by atoms with Crippen molar-refractivity contribution in [2.75, 3.05) is 11.9 Å². The van der Waals surface area contributed by atoms with Crippen molar-refractivity contribution < 1.29 is 19.5 Å². The smallest absolute Gasteiger partial charge is 0.335 e. The Balaban J connectivity index is 1.98. The summed E-state index contributed by atoms with van der Waals surface area (Å²) in [6.45, 7) is 2.29. The zero-order valence-electron chi connectivity index (χ0n) is 11.6. The molecule has 21 heavy (non-hydrogen) atoms. The molecule has 0 aliphatic carbocycles. The molecule has 7 heteroatoms. The minimum Gasteiger partial charge on any atom is -0.478 e. The van der Waals surface area contributed by atoms with Crippen LogP contribution in [0.2, 0.25) is 0 Å². The molecule has 7 nitrogen and oxygen atoms in total. The van der Waals surface area contributed by atoms with Crippen LogP contribution in [0.4, 0.5) is 10.5 Å². The SMILES string of the molecule is Cc1cc(NC(=O)NC2CCCNC2=O)ccc1C(=O)O. The maximum atomic E-state index is 11.8. The number of piperidine rings is 1. The monoisotopic (exact) mass is 291 g/mol. The number of amides is 3. The lowest BCUT2D eigenvalue weighted by molar-refractivity contribution is -0.124. The van der Waals surface area contributed by atoms with Gasteiger partial charge in [0.2, 0.25) is 5.91 Å². The van der Waals surface area contributed by atoms with Gasteiger partial charge in [0.25, 0.3) is 0 Å². The maximum absolute atomic E-state index is 11.8. The van der Waals surface area contributed by atoms with Crippen LogP contribution in [-0.2, 0) is 4.79 Å². The van der Waals surface area contributed by atoms with Crippen molar-refractivity contribution in [1.82, 2.24) is 10.6 Å². The van der Waals surface area contributed by atoms with Crippen LogP contribution >= 0.6 is 0 Å². The molecule has 1 saturated heterocycles. The van der Waals surface area contributed by atoms with Gasteiger partial charge in [-0.15, -0.1) is 0 Å². The van der Waals surface area contributed by atoms with Gasteiger partial charge < -0.3 is 21.1 Å². The number of anilines is 1. The van der Waals surface area contributed by atoms with E-state index in [1.165, 1.54) is 12.1 Å². The van der Waals surface area contributed by atoms with Crippen LogP contribution in [0.15, 0.2) is 18.2 Å². The van der Waals surface area contributed by atoms with Crippen molar-refractivity contribution >= 4 is 23.6 Å². The van der Waals surface area contributed by atoms with Gasteiger partial charge in [0.15, 0.2) is 0 Å². The molecule has 0 saturated carbocycles. The molecule has 1 aromatic rings. The zero-order chi connectivity index (χ0) is 15.4. The van der Waals surface area contributed by atoms with Gasteiger partial charge >= 0.3 is 12.0 Å². The predicted molar refractivity (Wildman–Crippen MR) is 76.3 cm³/mol. The Hall–Kier alpha value is -2.57. The molecular weight excluding hydrogens is 274 g/mol. The number of carboxylic acid groups (broad SMARTS) is 1. The summed E-state index contributed by atoms with van der Waals surface area (Å²) in [5, 5.41) is 16.8. The lowest BCUT2D eigenvalue weighted by Gasteiger charge is -2.22. The molecule has 112 valence electrons. The average molecular weight is 291 g/mol. The molecule has 4 N–H and O–H groups in total. The van der Waals surface area contributed by atoms with Crippen molar-refractivity contribution in [2.24, 2.45) is 0 Å². The van der Waals surface area contributed by atoms with E-state index >= 15 is 0 Å². The van der Waals surface area contributed by atoms with Crippen molar-refractivity contribution in [3.05, 3.63) is 29.3 Å². The number of urea groups is 1. The summed E-state index contributed by atoms with van der Waals surface area (Å²) in [6.07, 6.45) is 1.43. The van der Waals surface area contributed by atoms with Crippen LogP contribution in [0.1, 0.15) is 28.8 Å². The first-order valence-corrected chi connectivity index (χ1v) is 6.66. The number of aryl methyl sites for hydroxylation is 1. The quantitative estimate of drug-likeness (QED) is 0.668. The van der Waals surface area contributed by atoms with E-state index in [4.69, 9.17) is 5.11 Å². The zero-order valence-corrected chi connectivity index (χ0v) is 11.6. The molecule has 1 aromatic carbocycles. The molecule has 1 heterocycles. The number of hydrogen-bond acceptors (Lipinski definition) is 3. The third-order valence-corrected chi connectivity index (χ3v) is 3.31. The second kappa shape index (κ2) is 6.25. The van der Waals surface area contributed by atoms with E-state index in [0.717, 1.165) is 6.42 Å². The van der Waals surface area contributed by atoms with E-state index in [1.54, 1.807) is 13.0 Å². The highest BCUT2D eigenvalue weighted by Crippen LogP contribution is 2.15. The van der Waals surface area contributed by atoms with Crippen molar-refractivity contribution in [2.45, 2.75) is 25.8 Å². The van der Waals surface area contributed by atoms with E-state index in [2.05, 4.69) is 16.0 Å². The standard InChI is InChI=1S/C14H17N3O4/c1-8-7-9(4-5-10(8)13(19)20)16-14(21)17-11-3-2-6-15-12(11)18/h4-5,7,11H,2-3,6H2,1H3,(H,15,18)(H,19,20)(H2,16,17,21). The van der Waals surface area contributed by atoms with Gasteiger partial charge in [-0.2, -0.15) is 0 Å². The van der Waals surface area contributed by atoms with Crippen LogP contribution in [0.3, 0.4) is 0 Å². The van der Waals surface area contributed by atoms with Crippen molar-refractivity contribution in [3.8, 4) is 0 Å². The number of benzene rings is 1. The Bertz CT molecular complexity index is 586. The second-order valence-electron chi connectivity index (χ2n) is 4.92. The summed E-state index contributed by atoms with van der Waals surface area (Å²) in [5.74, 6) is -1.20. The topological polar surface area (TPSA) is 108 Å². The summed E-state index contributed by atoms with van der Waals surface area (Å²) in [7, 11) is 0. The normalized spacial score (nSPS) is 17.8. The van der Waals surface area contributed by atoms with Crippen LogP contribution in [0, 0.1) is 6.92 Å². The molecule has 0 aromatic heterocycles. The molecule has 0 radical (unpaired) electrons. The summed E-state index contributed by atoms with van der Waals surface area (Å²) in [6, 6.07) is 3.50. The van der Waals surface area contributed by atoms with E-state index in [-0.39, 0.29) is 11.5 Å². The lowest BCUT2D eigenvalue weighted by atomic mass is 10.1. The molecule has 1 atom stereocenters. The highest BCUT2D eigenvalue weighted by Gasteiger charge is 2.23. The summed E-state index contributed by atoms with van der Waals surface area (Å²) < 4.78 is 0. The second-order valence-corrected chi connectivity index (χ2v) is 4.92. The molecule has 1 aliphatic rings. The number of carbonyl (C=O) groups is 3. The number of rotatable bonds is 3. The van der Waals surface area contributed by atoms with E-state index in [1.807, 2.05) is 0 Å². The van der Waals surface area contributed by atoms with E-state index in [9.17, 15) is 14.4 Å². The number of nitrogens with one attached hydrogen (secondary N) is 3. The molecule has 0 spiro atoms. The minimum atomic E-state index is -1.01. The fraction of sp³-hybridized carbons (Fsp3) is 0.357. The molecular formula is C14H17N3O4. The van der Waals surface area contributed by atoms with Crippen molar-refractivity contribution in [3.63, 3.8) is 0 Å². The first-order valence-electron chi connectivity index (χ1n) is 6.66. The maximum Gasteiger partial charge on any atom is 0.335 e. The molecule has 1 unspecified atom stereocenters. The van der Waals surface area contributed by atoms with Crippen LogP contribution in [0.5, 0.6) is 0 Å². The van der Waals surface area contributed by atoms with Crippen LogP contribution < -0.4 is 16.0 Å². The summed E-state index contributed by atoms with van der Waals surface area (Å²) in [5.41, 5.74) is 1.22. The van der Waals surface area contributed by atoms with E-state index in [0.29, 0.717) is 24.2 Å². The highest BCUT2D eigenvalue weighted by molar-refractivity contribution is 5.95. The lowest BCUT2D eigenvalue weighted by Crippen LogP contribution is -2.51. The van der Waals surface area contributed by atoms with Crippen LogP contribution in [-0.4, -0.2) is 35.6 Å². The van der Waals surface area contributed by atoms with E-state index < -0.39 is 18.0 Å². The Morgan fingerprint density at radius 1 is 1.38 bits per heavy atom. The largest absolute Gasteiger partial charge is 0.478 e. The molecule has 3 amide bonds. The first-order chi connectivity index (χ1) is 9.97. The Kier molecular flexibility index (Phi) is 4.42. The third kappa shape index (κ3) is 3.71. The fourth-order valence-electron chi connectivity index (χ4n) is 2.22. The number of carboxylic acids is 1. The molecule has 1 aliphatic heterocycles. The number of hydrogen-bond donors (Lipinski definition) is 4. The predicted octanol–water partition coefficient (Wildman–Crippen LogP) is 1.09. The molecule has 2 rings (SSSR count). The van der Waals surface area contributed by atoms with Crippen LogP contribution in [0.25, 0.3) is 0 Å². The minimum absolute atomic E-state index is 0.186. The van der Waals surface area contributed by atoms with Crippen molar-refractivity contribution in [1.29, 1.82) is 0 Å². The highest BCUT2D eigenvalue weighted by atomic mass is 16.4. The number of carbonyl (C=O) groups excluding carboxylic acids is 2. The molecule has 0 bridgehead atoms. The summed E-state index contributed by atoms with van der Waals surface area (Å²) in [4.78, 5) is 34.3. The average Bonchev–Trinajstić information content (AvgIpc) is 2.41. The van der Waals surface area contributed by atoms with Gasteiger partial charge in [-0.25, -0.2) is 9.59 Å². The fourth-order valence-corrected chi connectivity index (χ4v) is 2.22. The first kappa shape index (κ1) is 14.8. The Morgan fingerprint density at radius 3 is 2.76 bits per heavy atom. The third-order valence-electron chi connectivity index (χ3n) is 3.31.